The molecule has 2 rings (SSSR count). The molecular formula is C18H27F3N3O3S+. The Balaban J connectivity index is 2.12. The molecule has 1 atom stereocenters. The first-order valence-electron chi connectivity index (χ1n) is 9.06. The van der Waals surface area contributed by atoms with Crippen LogP contribution in [0.1, 0.15) is 33.3 Å². The number of rotatable bonds is 4. The van der Waals surface area contributed by atoms with Gasteiger partial charge in [0, 0.05) is 5.54 Å². The predicted molar refractivity (Wildman–Crippen MR) is 98.3 cm³/mol. The summed E-state index contributed by atoms with van der Waals surface area (Å²) < 4.78 is 66.3. The van der Waals surface area contributed by atoms with Crippen LogP contribution >= 0.6 is 0 Å². The fourth-order valence-electron chi connectivity index (χ4n) is 3.17. The Labute approximate surface area is 163 Å². The molecule has 0 radical (unpaired) electrons. The van der Waals surface area contributed by atoms with Crippen LogP contribution in [-0.4, -0.2) is 56.4 Å². The molecule has 1 aromatic rings. The summed E-state index contributed by atoms with van der Waals surface area (Å²) in [5.74, 6) is -0.138. The SMILES string of the molecule is C[C@H](C(=O)NC(C)(C)C)[NH+]1CCN(S(=O)(=O)c2ccccc2C(F)(F)F)CC1. The maximum absolute atomic E-state index is 13.2. The first-order valence-corrected chi connectivity index (χ1v) is 10.5. The number of nitrogens with one attached hydrogen (secondary N) is 2. The molecule has 1 aliphatic heterocycles. The number of alkyl halides is 3. The van der Waals surface area contributed by atoms with Gasteiger partial charge in [-0.1, -0.05) is 12.1 Å². The third-order valence-corrected chi connectivity index (χ3v) is 6.64. The molecule has 2 N–H and O–H groups in total. The van der Waals surface area contributed by atoms with Crippen molar-refractivity contribution < 1.29 is 31.3 Å². The summed E-state index contributed by atoms with van der Waals surface area (Å²) in [5.41, 5.74) is -1.54. The summed E-state index contributed by atoms with van der Waals surface area (Å²) in [7, 11) is -4.27. The topological polar surface area (TPSA) is 70.9 Å². The number of hydrogen-bond acceptors (Lipinski definition) is 3. The summed E-state index contributed by atoms with van der Waals surface area (Å²) in [5, 5.41) is 2.89. The van der Waals surface area contributed by atoms with E-state index in [1.807, 2.05) is 20.8 Å². The quantitative estimate of drug-likeness (QED) is 0.758. The molecule has 1 aliphatic rings. The van der Waals surface area contributed by atoms with E-state index in [4.69, 9.17) is 0 Å². The Kier molecular flexibility index (Phi) is 6.47. The maximum Gasteiger partial charge on any atom is 0.417 e. The number of halogens is 3. The van der Waals surface area contributed by atoms with Gasteiger partial charge in [0.05, 0.1) is 36.6 Å². The molecule has 1 amide bonds. The molecule has 0 saturated carbocycles. The van der Waals surface area contributed by atoms with E-state index in [2.05, 4.69) is 5.32 Å². The van der Waals surface area contributed by atoms with Crippen LogP contribution in [0.5, 0.6) is 0 Å². The lowest BCUT2D eigenvalue weighted by Gasteiger charge is -2.35. The number of piperazine rings is 1. The molecule has 0 aromatic heterocycles. The number of benzene rings is 1. The van der Waals surface area contributed by atoms with Gasteiger partial charge in [0.15, 0.2) is 6.04 Å². The number of carbonyl (C=O) groups is 1. The Morgan fingerprint density at radius 3 is 2.18 bits per heavy atom. The maximum atomic E-state index is 13.2. The molecular weight excluding hydrogens is 395 g/mol. The number of amides is 1. The largest absolute Gasteiger partial charge is 0.417 e. The Morgan fingerprint density at radius 2 is 1.68 bits per heavy atom. The van der Waals surface area contributed by atoms with E-state index in [-0.39, 0.29) is 30.6 Å². The Morgan fingerprint density at radius 1 is 1.14 bits per heavy atom. The molecule has 1 aromatic carbocycles. The highest BCUT2D eigenvalue weighted by atomic mass is 32.2. The van der Waals surface area contributed by atoms with Crippen molar-refractivity contribution in [3.8, 4) is 0 Å². The third kappa shape index (κ3) is 5.24. The fourth-order valence-corrected chi connectivity index (χ4v) is 4.83. The van der Waals surface area contributed by atoms with Crippen LogP contribution in [0, 0.1) is 0 Å². The van der Waals surface area contributed by atoms with Crippen molar-refractivity contribution in [1.29, 1.82) is 0 Å². The Bertz CT molecular complexity index is 811. The lowest BCUT2D eigenvalue weighted by atomic mass is 10.1. The second-order valence-corrected chi connectivity index (χ2v) is 9.92. The van der Waals surface area contributed by atoms with Gasteiger partial charge in [0.25, 0.3) is 5.91 Å². The molecule has 1 saturated heterocycles. The first-order chi connectivity index (χ1) is 12.7. The molecule has 10 heteroatoms. The summed E-state index contributed by atoms with van der Waals surface area (Å²) in [4.78, 5) is 12.5. The minimum absolute atomic E-state index is 0.0526. The van der Waals surface area contributed by atoms with Gasteiger partial charge in [0.1, 0.15) is 0 Å². The van der Waals surface area contributed by atoms with Crippen LogP contribution in [0.25, 0.3) is 0 Å². The average molecular weight is 422 g/mol. The molecule has 28 heavy (non-hydrogen) atoms. The van der Waals surface area contributed by atoms with Crippen molar-refractivity contribution in [3.05, 3.63) is 29.8 Å². The van der Waals surface area contributed by atoms with Gasteiger partial charge in [-0.2, -0.15) is 17.5 Å². The van der Waals surface area contributed by atoms with Gasteiger partial charge in [0.2, 0.25) is 10.0 Å². The molecule has 1 fully saturated rings. The zero-order chi connectivity index (χ0) is 21.3. The normalized spacial score (nSPS) is 18.7. The third-order valence-electron chi connectivity index (χ3n) is 4.68. The summed E-state index contributed by atoms with van der Waals surface area (Å²) in [6, 6.07) is 3.82. The highest BCUT2D eigenvalue weighted by Crippen LogP contribution is 2.35. The van der Waals surface area contributed by atoms with Crippen molar-refractivity contribution in [2.75, 3.05) is 26.2 Å². The van der Waals surface area contributed by atoms with Crippen LogP contribution in [0.2, 0.25) is 0 Å². The molecule has 1 heterocycles. The fraction of sp³-hybridized carbons (Fsp3) is 0.611. The van der Waals surface area contributed by atoms with E-state index in [1.165, 1.54) is 12.1 Å². The predicted octanol–water partition coefficient (Wildman–Crippen LogP) is 0.898. The van der Waals surface area contributed by atoms with Crippen LogP contribution in [0.4, 0.5) is 13.2 Å². The standard InChI is InChI=1S/C18H26F3N3O3S/c1-13(16(25)22-17(2,3)4)23-9-11-24(12-10-23)28(26,27)15-8-6-5-7-14(15)18(19,20)21/h5-8,13H,9-12H2,1-4H3,(H,22,25)/p+1/t13-/m1/s1. The summed E-state index contributed by atoms with van der Waals surface area (Å²) >= 11 is 0. The molecule has 0 spiro atoms. The van der Waals surface area contributed by atoms with Crippen LogP contribution in [0.3, 0.4) is 0 Å². The minimum atomic E-state index is -4.75. The van der Waals surface area contributed by atoms with E-state index in [9.17, 15) is 26.4 Å². The highest BCUT2D eigenvalue weighted by molar-refractivity contribution is 7.89. The lowest BCUT2D eigenvalue weighted by Crippen LogP contribution is -3.19. The number of nitrogens with zero attached hydrogens (tertiary/aromatic N) is 1. The molecule has 0 unspecified atom stereocenters. The number of carbonyl (C=O) groups excluding carboxylic acids is 1. The van der Waals surface area contributed by atoms with Crippen molar-refractivity contribution in [3.63, 3.8) is 0 Å². The van der Waals surface area contributed by atoms with Gasteiger partial charge in [-0.25, -0.2) is 8.42 Å². The van der Waals surface area contributed by atoms with E-state index < -0.39 is 26.7 Å². The Hall–Kier alpha value is -1.65. The highest BCUT2D eigenvalue weighted by Gasteiger charge is 2.41. The van der Waals surface area contributed by atoms with Crippen molar-refractivity contribution in [2.45, 2.75) is 50.3 Å². The number of hydrogen-bond donors (Lipinski definition) is 2. The van der Waals surface area contributed by atoms with Crippen molar-refractivity contribution in [2.24, 2.45) is 0 Å². The molecule has 6 nitrogen and oxygen atoms in total. The smallest absolute Gasteiger partial charge is 0.346 e. The zero-order valence-corrected chi connectivity index (χ0v) is 17.2. The average Bonchev–Trinajstić information content (AvgIpc) is 2.59. The first kappa shape index (κ1) is 22.6. The van der Waals surface area contributed by atoms with Gasteiger partial charge >= 0.3 is 6.18 Å². The minimum Gasteiger partial charge on any atom is -0.346 e. The van der Waals surface area contributed by atoms with Crippen molar-refractivity contribution in [1.82, 2.24) is 9.62 Å². The van der Waals surface area contributed by atoms with Gasteiger partial charge in [-0.3, -0.25) is 4.79 Å². The summed E-state index contributed by atoms with van der Waals surface area (Å²) in [6.45, 7) is 8.16. The zero-order valence-electron chi connectivity index (χ0n) is 16.4. The van der Waals surface area contributed by atoms with Crippen LogP contribution in [-0.2, 0) is 21.0 Å². The second kappa shape index (κ2) is 8.00. The van der Waals surface area contributed by atoms with Crippen molar-refractivity contribution >= 4 is 15.9 Å². The number of sulfonamides is 1. The van der Waals surface area contributed by atoms with Gasteiger partial charge in [-0.05, 0) is 39.8 Å². The van der Waals surface area contributed by atoms with E-state index in [1.54, 1.807) is 6.92 Å². The van der Waals surface area contributed by atoms with E-state index in [0.717, 1.165) is 21.3 Å². The molecule has 0 aliphatic carbocycles. The van der Waals surface area contributed by atoms with E-state index in [0.29, 0.717) is 13.1 Å². The molecule has 158 valence electrons. The molecule has 0 bridgehead atoms. The van der Waals surface area contributed by atoms with Gasteiger partial charge in [-0.15, -0.1) is 0 Å². The monoisotopic (exact) mass is 422 g/mol. The van der Waals surface area contributed by atoms with Gasteiger partial charge < -0.3 is 10.2 Å². The van der Waals surface area contributed by atoms with Crippen LogP contribution < -0.4 is 10.2 Å². The number of quaternary nitrogens is 1. The summed E-state index contributed by atoms with van der Waals surface area (Å²) in [6.07, 6.45) is -4.75. The van der Waals surface area contributed by atoms with E-state index >= 15 is 0 Å². The van der Waals surface area contributed by atoms with Crippen LogP contribution in [0.15, 0.2) is 29.2 Å². The lowest BCUT2D eigenvalue weighted by molar-refractivity contribution is -0.917. The second-order valence-electron chi connectivity index (χ2n) is 8.02.